The molecule has 0 aromatic carbocycles. The van der Waals surface area contributed by atoms with Gasteiger partial charge in [0.05, 0.1) is 7.05 Å². The second-order valence-electron chi connectivity index (χ2n) is 5.33. The number of tetrazole rings is 1. The van der Waals surface area contributed by atoms with Crippen molar-refractivity contribution in [2.45, 2.75) is 44.2 Å². The minimum atomic E-state index is -0.00528. The molecule has 1 amide bonds. The predicted octanol–water partition coefficient (Wildman–Crippen LogP) is 0.0693. The van der Waals surface area contributed by atoms with Gasteiger partial charge in [0, 0.05) is 18.5 Å². The Balaban J connectivity index is 1.52. The van der Waals surface area contributed by atoms with Crippen LogP contribution < -0.4 is 10.6 Å². The molecule has 18 heavy (non-hydrogen) atoms. The maximum Gasteiger partial charge on any atom is 0.270 e. The van der Waals surface area contributed by atoms with Crippen LogP contribution in [0, 0.1) is 5.92 Å². The summed E-state index contributed by atoms with van der Waals surface area (Å²) in [6, 6.07) is 1.24. The second-order valence-corrected chi connectivity index (χ2v) is 5.33. The number of nitrogens with zero attached hydrogens (tertiary/aromatic N) is 4. The average molecular weight is 250 g/mol. The molecule has 2 unspecified atom stereocenters. The highest BCUT2D eigenvalue weighted by Gasteiger charge is 2.34. The van der Waals surface area contributed by atoms with Crippen molar-refractivity contribution >= 4 is 11.9 Å². The number of nitrogens with one attached hydrogen (secondary N) is 2. The molecule has 7 nitrogen and oxygen atoms in total. The summed E-state index contributed by atoms with van der Waals surface area (Å²) in [4.78, 5) is 13.2. The molecule has 3 heterocycles. The van der Waals surface area contributed by atoms with Gasteiger partial charge in [-0.3, -0.25) is 10.1 Å². The van der Waals surface area contributed by atoms with Crippen molar-refractivity contribution in [3.05, 3.63) is 0 Å². The summed E-state index contributed by atoms with van der Waals surface area (Å²) < 4.78 is 0. The molecule has 0 radical (unpaired) electrons. The van der Waals surface area contributed by atoms with E-state index in [4.69, 9.17) is 0 Å². The minimum absolute atomic E-state index is 0.00528. The van der Waals surface area contributed by atoms with Crippen LogP contribution in [0.3, 0.4) is 0 Å². The summed E-state index contributed by atoms with van der Waals surface area (Å²) >= 11 is 0. The van der Waals surface area contributed by atoms with Crippen molar-refractivity contribution in [3.8, 4) is 0 Å². The van der Waals surface area contributed by atoms with Crippen LogP contribution in [0.15, 0.2) is 0 Å². The molecule has 2 aliphatic rings. The number of rotatable bonds is 3. The van der Waals surface area contributed by atoms with E-state index in [0.29, 0.717) is 30.4 Å². The Morgan fingerprint density at radius 3 is 2.78 bits per heavy atom. The van der Waals surface area contributed by atoms with Gasteiger partial charge in [-0.25, -0.2) is 0 Å². The van der Waals surface area contributed by atoms with Crippen LogP contribution in [0.2, 0.25) is 0 Å². The molecule has 2 atom stereocenters. The van der Waals surface area contributed by atoms with E-state index in [1.165, 1.54) is 17.6 Å². The Morgan fingerprint density at radius 2 is 2.17 bits per heavy atom. The number of aromatic nitrogens is 4. The van der Waals surface area contributed by atoms with Gasteiger partial charge in [-0.15, -0.1) is 5.10 Å². The molecule has 1 aromatic rings. The van der Waals surface area contributed by atoms with E-state index in [9.17, 15) is 4.79 Å². The molecular weight excluding hydrogens is 232 g/mol. The number of carbonyl (C=O) groups excluding carboxylic acids is 1. The average Bonchev–Trinajstić information content (AvgIpc) is 2.85. The van der Waals surface area contributed by atoms with Crippen LogP contribution in [0.1, 0.15) is 32.1 Å². The van der Waals surface area contributed by atoms with E-state index in [0.717, 1.165) is 12.8 Å². The van der Waals surface area contributed by atoms with Crippen molar-refractivity contribution in [1.29, 1.82) is 0 Å². The van der Waals surface area contributed by atoms with Crippen LogP contribution in [0.4, 0.5) is 5.95 Å². The van der Waals surface area contributed by atoms with Crippen LogP contribution in [-0.2, 0) is 11.8 Å². The number of piperidine rings is 1. The van der Waals surface area contributed by atoms with Gasteiger partial charge in [0.15, 0.2) is 0 Å². The number of aryl methyl sites for hydroxylation is 1. The fourth-order valence-electron chi connectivity index (χ4n) is 3.11. The van der Waals surface area contributed by atoms with Gasteiger partial charge in [0.2, 0.25) is 5.91 Å². The first kappa shape index (κ1) is 11.6. The topological polar surface area (TPSA) is 84.7 Å². The normalized spacial score (nSPS) is 30.4. The fourth-order valence-corrected chi connectivity index (χ4v) is 3.11. The second kappa shape index (κ2) is 4.64. The lowest BCUT2D eigenvalue weighted by Gasteiger charge is -2.28. The number of hydrogen-bond donors (Lipinski definition) is 2. The summed E-state index contributed by atoms with van der Waals surface area (Å²) in [7, 11) is 1.67. The molecular formula is C11H18N6O. The highest BCUT2D eigenvalue weighted by molar-refractivity contribution is 5.88. The maximum atomic E-state index is 11.9. The molecule has 2 saturated heterocycles. The summed E-state index contributed by atoms with van der Waals surface area (Å²) in [5.74, 6) is 0.772. The van der Waals surface area contributed by atoms with E-state index < -0.39 is 0 Å². The molecule has 2 N–H and O–H groups in total. The maximum absolute atomic E-state index is 11.9. The van der Waals surface area contributed by atoms with Crippen molar-refractivity contribution in [1.82, 2.24) is 25.5 Å². The van der Waals surface area contributed by atoms with Gasteiger partial charge in [-0.1, -0.05) is 5.10 Å². The fraction of sp³-hybridized carbons (Fsp3) is 0.818. The number of anilines is 1. The third-order valence-electron chi connectivity index (χ3n) is 3.80. The Labute approximate surface area is 105 Å². The zero-order valence-electron chi connectivity index (χ0n) is 10.5. The largest absolute Gasteiger partial charge is 0.311 e. The number of fused-ring (bicyclic) bond motifs is 2. The lowest BCUT2D eigenvalue weighted by Crippen LogP contribution is -2.39. The van der Waals surface area contributed by atoms with E-state index in [-0.39, 0.29) is 5.91 Å². The zero-order valence-corrected chi connectivity index (χ0v) is 10.5. The van der Waals surface area contributed by atoms with Gasteiger partial charge in [-0.05, 0) is 36.8 Å². The smallest absolute Gasteiger partial charge is 0.270 e. The number of hydrogen-bond acceptors (Lipinski definition) is 5. The van der Waals surface area contributed by atoms with Crippen molar-refractivity contribution < 1.29 is 4.79 Å². The molecule has 0 spiro atoms. The summed E-state index contributed by atoms with van der Waals surface area (Å²) in [5.41, 5.74) is 0. The molecule has 1 aromatic heterocycles. The summed E-state index contributed by atoms with van der Waals surface area (Å²) in [6.45, 7) is 0. The lowest BCUT2D eigenvalue weighted by molar-refractivity contribution is -0.117. The van der Waals surface area contributed by atoms with E-state index in [2.05, 4.69) is 26.0 Å². The lowest BCUT2D eigenvalue weighted by atomic mass is 9.89. The van der Waals surface area contributed by atoms with Crippen LogP contribution >= 0.6 is 0 Å². The van der Waals surface area contributed by atoms with E-state index in [1.807, 2.05) is 0 Å². The highest BCUT2D eigenvalue weighted by atomic mass is 16.1. The third-order valence-corrected chi connectivity index (χ3v) is 3.80. The summed E-state index contributed by atoms with van der Waals surface area (Å²) in [5, 5.41) is 17.6. The first-order valence-corrected chi connectivity index (χ1v) is 6.49. The quantitative estimate of drug-likeness (QED) is 0.793. The molecule has 2 aliphatic heterocycles. The molecule has 0 saturated carbocycles. The Bertz CT molecular complexity index is 432. The Kier molecular flexibility index (Phi) is 2.99. The van der Waals surface area contributed by atoms with Crippen LogP contribution in [-0.4, -0.2) is 38.2 Å². The van der Waals surface area contributed by atoms with Crippen molar-refractivity contribution in [2.24, 2.45) is 13.0 Å². The predicted molar refractivity (Wildman–Crippen MR) is 64.7 cm³/mol. The number of amides is 1. The van der Waals surface area contributed by atoms with Gasteiger partial charge in [0.1, 0.15) is 0 Å². The number of carbonyl (C=O) groups is 1. The van der Waals surface area contributed by atoms with E-state index in [1.54, 1.807) is 7.05 Å². The highest BCUT2D eigenvalue weighted by Crippen LogP contribution is 2.32. The van der Waals surface area contributed by atoms with Crippen LogP contribution in [0.5, 0.6) is 0 Å². The zero-order chi connectivity index (χ0) is 12.5. The van der Waals surface area contributed by atoms with Crippen molar-refractivity contribution in [3.63, 3.8) is 0 Å². The molecule has 2 bridgehead atoms. The standard InChI is InChI=1S/C11H18N6O/c1-17-15-11(14-16-17)13-10(18)6-7-4-8-2-3-9(5-7)12-8/h7-9,12H,2-6H2,1H3,(H,13,15,18). The van der Waals surface area contributed by atoms with Crippen molar-refractivity contribution in [2.75, 3.05) is 5.32 Å². The van der Waals surface area contributed by atoms with Gasteiger partial charge in [0.25, 0.3) is 5.95 Å². The van der Waals surface area contributed by atoms with Gasteiger partial charge >= 0.3 is 0 Å². The monoisotopic (exact) mass is 250 g/mol. The Morgan fingerprint density at radius 1 is 1.44 bits per heavy atom. The van der Waals surface area contributed by atoms with E-state index >= 15 is 0 Å². The SMILES string of the molecule is Cn1nnc(NC(=O)CC2CC3CCC(C2)N3)n1. The molecule has 98 valence electrons. The van der Waals surface area contributed by atoms with Gasteiger partial charge in [-0.2, -0.15) is 4.80 Å². The third kappa shape index (κ3) is 2.50. The van der Waals surface area contributed by atoms with Gasteiger partial charge < -0.3 is 5.32 Å². The summed E-state index contributed by atoms with van der Waals surface area (Å²) in [6.07, 6.45) is 5.30. The first-order valence-electron chi connectivity index (χ1n) is 6.49. The molecule has 0 aliphatic carbocycles. The molecule has 2 fully saturated rings. The van der Waals surface area contributed by atoms with Crippen LogP contribution in [0.25, 0.3) is 0 Å². The minimum Gasteiger partial charge on any atom is -0.311 e. The molecule has 3 rings (SSSR count). The Hall–Kier alpha value is -1.50. The molecule has 7 heteroatoms. The first-order chi connectivity index (χ1) is 8.69.